The molecule has 0 aliphatic carbocycles. The highest BCUT2D eigenvalue weighted by atomic mass is 16.7. The van der Waals surface area contributed by atoms with Crippen LogP contribution in [0, 0.1) is 0 Å². The van der Waals surface area contributed by atoms with E-state index in [1.54, 1.807) is 13.3 Å². The number of amides is 1. The second-order valence-electron chi connectivity index (χ2n) is 8.59. The van der Waals surface area contributed by atoms with Gasteiger partial charge in [-0.25, -0.2) is 5.43 Å². The Kier molecular flexibility index (Phi) is 6.81. The van der Waals surface area contributed by atoms with Crippen molar-refractivity contribution in [1.82, 2.24) is 5.43 Å². The number of quaternary nitrogens is 1. The molecule has 1 fully saturated rings. The number of ether oxygens (including phenoxy) is 3. The van der Waals surface area contributed by atoms with E-state index in [1.165, 1.54) is 10.5 Å². The lowest BCUT2D eigenvalue weighted by atomic mass is 10.1. The van der Waals surface area contributed by atoms with E-state index in [4.69, 9.17) is 14.2 Å². The molecule has 0 radical (unpaired) electrons. The molecule has 0 bridgehead atoms. The number of rotatable bonds is 7. The van der Waals surface area contributed by atoms with Crippen molar-refractivity contribution in [3.05, 3.63) is 83.4 Å². The van der Waals surface area contributed by atoms with E-state index in [2.05, 4.69) is 27.6 Å². The summed E-state index contributed by atoms with van der Waals surface area (Å²) in [4.78, 5) is 16.4. The third-order valence-electron chi connectivity index (χ3n) is 6.34. The Hall–Kier alpha value is -4.04. The highest BCUT2D eigenvalue weighted by Crippen LogP contribution is 2.32. The van der Waals surface area contributed by atoms with Crippen molar-refractivity contribution in [1.29, 1.82) is 0 Å². The van der Waals surface area contributed by atoms with Gasteiger partial charge in [0.1, 0.15) is 12.3 Å². The molecular weight excluding hydrogens is 444 g/mol. The number of hydrogen-bond donors (Lipinski definition) is 2. The van der Waals surface area contributed by atoms with Crippen molar-refractivity contribution in [3.63, 3.8) is 0 Å². The maximum atomic E-state index is 12.5. The number of para-hydroxylation sites is 2. The number of fused-ring (bicyclic) bond motifs is 1. The molecule has 5 rings (SSSR count). The third kappa shape index (κ3) is 5.38. The first-order chi connectivity index (χ1) is 17.2. The molecule has 2 aliphatic heterocycles. The zero-order valence-electron chi connectivity index (χ0n) is 19.7. The first-order valence-electron chi connectivity index (χ1n) is 11.7. The average Bonchev–Trinajstić information content (AvgIpc) is 3.37. The van der Waals surface area contributed by atoms with E-state index < -0.39 is 0 Å². The second-order valence-corrected chi connectivity index (χ2v) is 8.59. The molecule has 180 valence electrons. The van der Waals surface area contributed by atoms with Crippen molar-refractivity contribution >= 4 is 17.8 Å². The number of nitrogens with zero attached hydrogens (tertiary/aromatic N) is 2. The first kappa shape index (κ1) is 22.7. The Morgan fingerprint density at radius 3 is 2.63 bits per heavy atom. The van der Waals surface area contributed by atoms with E-state index in [0.717, 1.165) is 49.7 Å². The van der Waals surface area contributed by atoms with Gasteiger partial charge in [0.05, 0.1) is 45.2 Å². The van der Waals surface area contributed by atoms with Crippen LogP contribution in [0.2, 0.25) is 0 Å². The van der Waals surface area contributed by atoms with Crippen molar-refractivity contribution in [2.75, 3.05) is 45.0 Å². The predicted molar refractivity (Wildman–Crippen MR) is 134 cm³/mol. The van der Waals surface area contributed by atoms with Crippen LogP contribution >= 0.6 is 0 Å². The standard InChI is InChI=1S/C27H28N4O4/c1-33-24-5-3-2-4-23(24)31-14-12-30(13-15-31)18-20-6-9-22(10-7-20)27(32)29-28-17-21-8-11-25-26(16-21)35-19-34-25/h2-11,16-17H,12-15,18-19H2,1H3,(H,29,32)/p+1/b28-17-. The fourth-order valence-corrected chi connectivity index (χ4v) is 4.42. The van der Waals surface area contributed by atoms with Gasteiger partial charge in [0.15, 0.2) is 11.5 Å². The summed E-state index contributed by atoms with van der Waals surface area (Å²) in [5, 5.41) is 4.07. The van der Waals surface area contributed by atoms with Gasteiger partial charge < -0.3 is 24.0 Å². The van der Waals surface area contributed by atoms with Crippen LogP contribution in [0.4, 0.5) is 5.69 Å². The molecule has 0 spiro atoms. The van der Waals surface area contributed by atoms with Gasteiger partial charge in [0.25, 0.3) is 5.91 Å². The number of carbonyl (C=O) groups is 1. The molecule has 0 atom stereocenters. The molecule has 0 aromatic heterocycles. The highest BCUT2D eigenvalue weighted by molar-refractivity contribution is 5.95. The minimum Gasteiger partial charge on any atom is -0.495 e. The molecule has 0 unspecified atom stereocenters. The summed E-state index contributed by atoms with van der Waals surface area (Å²) in [6.45, 7) is 5.23. The third-order valence-corrected chi connectivity index (χ3v) is 6.34. The van der Waals surface area contributed by atoms with Crippen LogP contribution in [0.3, 0.4) is 0 Å². The summed E-state index contributed by atoms with van der Waals surface area (Å²) in [6, 6.07) is 21.4. The zero-order valence-corrected chi connectivity index (χ0v) is 19.7. The molecule has 3 aromatic rings. The van der Waals surface area contributed by atoms with Crippen LogP contribution in [0.25, 0.3) is 0 Å². The number of hydrazone groups is 1. The topological polar surface area (TPSA) is 76.8 Å². The average molecular weight is 474 g/mol. The minimum absolute atomic E-state index is 0.225. The Bertz CT molecular complexity index is 1200. The monoisotopic (exact) mass is 473 g/mol. The number of anilines is 1. The van der Waals surface area contributed by atoms with E-state index >= 15 is 0 Å². The molecule has 8 heteroatoms. The van der Waals surface area contributed by atoms with E-state index in [1.807, 2.05) is 54.6 Å². The highest BCUT2D eigenvalue weighted by Gasteiger charge is 2.22. The molecule has 2 N–H and O–H groups in total. The summed E-state index contributed by atoms with van der Waals surface area (Å²) in [5.74, 6) is 2.07. The van der Waals surface area contributed by atoms with Crippen molar-refractivity contribution < 1.29 is 23.9 Å². The molecule has 8 nitrogen and oxygen atoms in total. The second kappa shape index (κ2) is 10.5. The maximum absolute atomic E-state index is 12.5. The largest absolute Gasteiger partial charge is 0.495 e. The van der Waals surface area contributed by atoms with Crippen LogP contribution in [-0.4, -0.2) is 52.2 Å². The summed E-state index contributed by atoms with van der Waals surface area (Å²) in [5.41, 5.74) is 6.35. The predicted octanol–water partition coefficient (Wildman–Crippen LogP) is 2.09. The number of methoxy groups -OCH3 is 1. The molecule has 1 saturated heterocycles. The van der Waals surface area contributed by atoms with E-state index in [-0.39, 0.29) is 12.7 Å². The maximum Gasteiger partial charge on any atom is 0.271 e. The number of piperazine rings is 1. The Balaban J connectivity index is 1.11. The van der Waals surface area contributed by atoms with Crippen molar-refractivity contribution in [3.8, 4) is 17.2 Å². The fraction of sp³-hybridized carbons (Fsp3) is 0.259. The van der Waals surface area contributed by atoms with Gasteiger partial charge in [-0.1, -0.05) is 24.3 Å². The summed E-state index contributed by atoms with van der Waals surface area (Å²) in [6.07, 6.45) is 1.59. The Labute approximate surface area is 204 Å². The number of hydrogen-bond acceptors (Lipinski definition) is 6. The van der Waals surface area contributed by atoms with Crippen LogP contribution in [-0.2, 0) is 6.54 Å². The molecule has 1 amide bonds. The lowest BCUT2D eigenvalue weighted by molar-refractivity contribution is -0.914. The fourth-order valence-electron chi connectivity index (χ4n) is 4.42. The normalized spacial score (nSPS) is 15.4. The van der Waals surface area contributed by atoms with Crippen LogP contribution in [0.15, 0.2) is 71.8 Å². The van der Waals surface area contributed by atoms with Gasteiger partial charge in [-0.15, -0.1) is 0 Å². The quantitative estimate of drug-likeness (QED) is 0.406. The van der Waals surface area contributed by atoms with Crippen molar-refractivity contribution in [2.24, 2.45) is 5.10 Å². The van der Waals surface area contributed by atoms with Gasteiger partial charge in [-0.05, 0) is 48.0 Å². The number of benzene rings is 3. The smallest absolute Gasteiger partial charge is 0.271 e. The summed E-state index contributed by atoms with van der Waals surface area (Å²) >= 11 is 0. The van der Waals surface area contributed by atoms with Crippen LogP contribution in [0.1, 0.15) is 21.5 Å². The number of nitrogens with one attached hydrogen (secondary N) is 2. The van der Waals surface area contributed by atoms with E-state index in [0.29, 0.717) is 17.1 Å². The van der Waals surface area contributed by atoms with E-state index in [9.17, 15) is 4.79 Å². The minimum atomic E-state index is -0.244. The molecular formula is C27H29N4O4+. The zero-order chi connectivity index (χ0) is 24.0. The van der Waals surface area contributed by atoms with Crippen LogP contribution in [0.5, 0.6) is 17.2 Å². The summed E-state index contributed by atoms with van der Waals surface area (Å²) in [7, 11) is 1.72. The first-order valence-corrected chi connectivity index (χ1v) is 11.7. The van der Waals surface area contributed by atoms with Crippen molar-refractivity contribution in [2.45, 2.75) is 6.54 Å². The lowest BCUT2D eigenvalue weighted by Crippen LogP contribution is -3.13. The van der Waals surface area contributed by atoms with Gasteiger partial charge in [-0.2, -0.15) is 5.10 Å². The number of carbonyl (C=O) groups excluding carboxylic acids is 1. The van der Waals surface area contributed by atoms with Crippen LogP contribution < -0.4 is 29.4 Å². The Morgan fingerprint density at radius 1 is 1.06 bits per heavy atom. The van der Waals surface area contributed by atoms with Gasteiger partial charge in [-0.3, -0.25) is 4.79 Å². The lowest BCUT2D eigenvalue weighted by Gasteiger charge is -2.34. The SMILES string of the molecule is COc1ccccc1N1CC[NH+](Cc2ccc(C(=O)N/N=C\c3ccc4c(c3)OCO4)cc2)CC1. The molecule has 2 aliphatic rings. The molecule has 2 heterocycles. The Morgan fingerprint density at radius 2 is 1.83 bits per heavy atom. The molecule has 3 aromatic carbocycles. The molecule has 0 saturated carbocycles. The van der Waals surface area contributed by atoms with Gasteiger partial charge >= 0.3 is 0 Å². The summed E-state index contributed by atoms with van der Waals surface area (Å²) < 4.78 is 16.2. The van der Waals surface area contributed by atoms with Gasteiger partial charge in [0, 0.05) is 11.1 Å². The van der Waals surface area contributed by atoms with Gasteiger partial charge in [0.2, 0.25) is 6.79 Å². The molecule has 35 heavy (non-hydrogen) atoms.